The molecule has 306 valence electrons. The minimum atomic E-state index is 0.850. The Labute approximate surface area is 376 Å². The highest BCUT2D eigenvalue weighted by molar-refractivity contribution is 6.29. The van der Waals surface area contributed by atoms with Crippen molar-refractivity contribution in [2.24, 2.45) is 0 Å². The predicted octanol–water partition coefficient (Wildman–Crippen LogP) is 18.3. The summed E-state index contributed by atoms with van der Waals surface area (Å²) < 4.78 is 26.5. The van der Waals surface area contributed by atoms with Gasteiger partial charge in [-0.1, -0.05) is 146 Å². The zero-order chi connectivity index (χ0) is 43.0. The van der Waals surface area contributed by atoms with Crippen molar-refractivity contribution in [3.8, 4) is 44.5 Å². The van der Waals surface area contributed by atoms with Gasteiger partial charge in [-0.05, 0) is 110 Å². The topological polar surface area (TPSA) is 52.6 Å². The average Bonchev–Trinajstić information content (AvgIpc) is 4.15. The van der Waals surface area contributed by atoms with Crippen LogP contribution in [-0.4, -0.2) is 0 Å². The monoisotopic (exact) mass is 842 g/mol. The molecule has 4 heteroatoms. The lowest BCUT2D eigenvalue weighted by Crippen LogP contribution is -1.92. The Morgan fingerprint density at radius 2 is 0.591 bits per heavy atom. The molecule has 0 aliphatic carbocycles. The van der Waals surface area contributed by atoms with Gasteiger partial charge in [0.05, 0.1) is 0 Å². The minimum absolute atomic E-state index is 0.850. The molecule has 0 saturated carbocycles. The van der Waals surface area contributed by atoms with Crippen LogP contribution in [0.15, 0.2) is 224 Å². The Balaban J connectivity index is 0.991. The number of hydrogen-bond donors (Lipinski definition) is 0. The molecule has 0 aliphatic rings. The van der Waals surface area contributed by atoms with E-state index in [2.05, 4.69) is 176 Å². The summed E-state index contributed by atoms with van der Waals surface area (Å²) in [7, 11) is 0. The molecule has 0 amide bonds. The fraction of sp³-hybridized carbons (Fsp3) is 0. The third kappa shape index (κ3) is 4.93. The van der Waals surface area contributed by atoms with Crippen LogP contribution in [-0.2, 0) is 0 Å². The van der Waals surface area contributed by atoms with Crippen molar-refractivity contribution in [3.63, 3.8) is 0 Å². The average molecular weight is 843 g/mol. The van der Waals surface area contributed by atoms with Crippen LogP contribution in [0.1, 0.15) is 0 Å². The third-order valence-corrected chi connectivity index (χ3v) is 13.9. The molecule has 11 aromatic carbocycles. The summed E-state index contributed by atoms with van der Waals surface area (Å²) >= 11 is 0. The van der Waals surface area contributed by atoms with E-state index in [1.807, 2.05) is 30.3 Å². The van der Waals surface area contributed by atoms with Crippen LogP contribution in [0, 0.1) is 0 Å². The SMILES string of the molecule is c1ccc2c(c1)oc1cc(-c3ccc(-c4c5ccccc5c(-c5ccc(-c6ccc7oc8ccccc8c7c6)c6c5oc5ccccc56)c5ccccc45)c4c3oc3ccccc34)ccc12. The van der Waals surface area contributed by atoms with Gasteiger partial charge in [0.2, 0.25) is 0 Å². The van der Waals surface area contributed by atoms with Crippen molar-refractivity contribution < 1.29 is 17.7 Å². The first-order valence-electron chi connectivity index (χ1n) is 22.4. The molecule has 0 saturated heterocycles. The number of benzene rings is 11. The van der Waals surface area contributed by atoms with Gasteiger partial charge in [0.1, 0.15) is 44.7 Å². The molecule has 15 rings (SSSR count). The summed E-state index contributed by atoms with van der Waals surface area (Å²) in [6, 6.07) is 73.1. The number of hydrogen-bond acceptors (Lipinski definition) is 4. The number of rotatable bonds is 4. The molecule has 0 aliphatic heterocycles. The first-order chi connectivity index (χ1) is 32.7. The van der Waals surface area contributed by atoms with E-state index >= 15 is 0 Å². The molecular weight excluding hydrogens is 809 g/mol. The first-order valence-corrected chi connectivity index (χ1v) is 22.4. The van der Waals surface area contributed by atoms with Crippen LogP contribution < -0.4 is 0 Å². The second-order valence-corrected chi connectivity index (χ2v) is 17.4. The van der Waals surface area contributed by atoms with Gasteiger partial charge < -0.3 is 17.7 Å². The highest BCUT2D eigenvalue weighted by atomic mass is 16.3. The number of fused-ring (bicyclic) bond motifs is 14. The van der Waals surface area contributed by atoms with E-state index < -0.39 is 0 Å². The molecule has 66 heavy (non-hydrogen) atoms. The fourth-order valence-corrected chi connectivity index (χ4v) is 11.0. The molecule has 0 unspecified atom stereocenters. The summed E-state index contributed by atoms with van der Waals surface area (Å²) in [5.74, 6) is 0. The minimum Gasteiger partial charge on any atom is -0.456 e. The molecular formula is C62H34O4. The summed E-state index contributed by atoms with van der Waals surface area (Å²) in [5.41, 5.74) is 15.7. The lowest BCUT2D eigenvalue weighted by atomic mass is 9.83. The molecule has 15 aromatic rings. The van der Waals surface area contributed by atoms with Crippen molar-refractivity contribution >= 4 is 109 Å². The van der Waals surface area contributed by atoms with E-state index in [1.54, 1.807) is 0 Å². The number of furan rings is 4. The van der Waals surface area contributed by atoms with Crippen molar-refractivity contribution in [2.75, 3.05) is 0 Å². The van der Waals surface area contributed by atoms with Crippen molar-refractivity contribution in [1.29, 1.82) is 0 Å². The van der Waals surface area contributed by atoms with Gasteiger partial charge in [0.25, 0.3) is 0 Å². The summed E-state index contributed by atoms with van der Waals surface area (Å²) in [6.45, 7) is 0. The van der Waals surface area contributed by atoms with E-state index in [9.17, 15) is 0 Å². The van der Waals surface area contributed by atoms with Crippen LogP contribution in [0.4, 0.5) is 0 Å². The molecule has 0 bridgehead atoms. The van der Waals surface area contributed by atoms with E-state index in [-0.39, 0.29) is 0 Å². The van der Waals surface area contributed by atoms with Gasteiger partial charge in [-0.25, -0.2) is 0 Å². The summed E-state index contributed by atoms with van der Waals surface area (Å²) in [6.07, 6.45) is 0. The van der Waals surface area contributed by atoms with Gasteiger partial charge in [-0.2, -0.15) is 0 Å². The third-order valence-electron chi connectivity index (χ3n) is 13.9. The highest BCUT2D eigenvalue weighted by Gasteiger charge is 2.25. The van der Waals surface area contributed by atoms with Gasteiger partial charge in [-0.3, -0.25) is 0 Å². The van der Waals surface area contributed by atoms with Crippen LogP contribution >= 0.6 is 0 Å². The molecule has 0 fully saturated rings. The fourth-order valence-electron chi connectivity index (χ4n) is 11.0. The molecule has 4 aromatic heterocycles. The first kappa shape index (κ1) is 35.6. The lowest BCUT2D eigenvalue weighted by molar-refractivity contribution is 0.668. The Kier molecular flexibility index (Phi) is 7.19. The Hall–Kier alpha value is -8.86. The van der Waals surface area contributed by atoms with Crippen molar-refractivity contribution in [1.82, 2.24) is 0 Å². The highest BCUT2D eigenvalue weighted by Crippen LogP contribution is 2.51. The van der Waals surface area contributed by atoms with E-state index in [0.717, 1.165) is 148 Å². The molecule has 0 radical (unpaired) electrons. The normalized spacial score (nSPS) is 12.2. The Morgan fingerprint density at radius 3 is 1.21 bits per heavy atom. The van der Waals surface area contributed by atoms with Crippen molar-refractivity contribution in [3.05, 3.63) is 206 Å². The van der Waals surface area contributed by atoms with Crippen LogP contribution in [0.25, 0.3) is 154 Å². The molecule has 4 heterocycles. The maximum absolute atomic E-state index is 7.01. The standard InChI is InChI=1S/C62H34O4/c1-3-17-44-42(15-1)57(48-30-29-38(61-60(48)47-20-8-12-24-54(47)65-61)36-25-27-41-39-13-5-9-21-51(39)64-56(41)34-36)43-16-2-4-18-45(43)58(44)49-31-28-37(59-46-19-7-11-23-53(46)66-62(49)59)35-26-32-55-50(33-35)40-14-6-10-22-52(40)63-55/h1-34H. The van der Waals surface area contributed by atoms with Crippen LogP contribution in [0.2, 0.25) is 0 Å². The Bertz CT molecular complexity index is 4480. The van der Waals surface area contributed by atoms with Gasteiger partial charge >= 0.3 is 0 Å². The van der Waals surface area contributed by atoms with Gasteiger partial charge in [-0.15, -0.1) is 0 Å². The summed E-state index contributed by atoms with van der Waals surface area (Å²) in [4.78, 5) is 0. The van der Waals surface area contributed by atoms with Crippen molar-refractivity contribution in [2.45, 2.75) is 0 Å². The molecule has 0 N–H and O–H groups in total. The van der Waals surface area contributed by atoms with E-state index in [4.69, 9.17) is 17.7 Å². The molecule has 0 spiro atoms. The van der Waals surface area contributed by atoms with E-state index in [1.165, 1.54) is 5.56 Å². The van der Waals surface area contributed by atoms with Crippen LogP contribution in [0.3, 0.4) is 0 Å². The second kappa shape index (κ2) is 13.3. The molecule has 4 nitrogen and oxygen atoms in total. The second-order valence-electron chi connectivity index (χ2n) is 17.4. The van der Waals surface area contributed by atoms with Gasteiger partial charge in [0, 0.05) is 59.8 Å². The maximum atomic E-state index is 7.01. The maximum Gasteiger partial charge on any atom is 0.143 e. The predicted molar refractivity (Wildman–Crippen MR) is 272 cm³/mol. The quantitative estimate of drug-likeness (QED) is 0.166. The smallest absolute Gasteiger partial charge is 0.143 e. The zero-order valence-electron chi connectivity index (χ0n) is 35.3. The van der Waals surface area contributed by atoms with E-state index in [0.29, 0.717) is 0 Å². The largest absolute Gasteiger partial charge is 0.456 e. The zero-order valence-corrected chi connectivity index (χ0v) is 35.3. The Morgan fingerprint density at radius 1 is 0.212 bits per heavy atom. The van der Waals surface area contributed by atoms with Crippen LogP contribution in [0.5, 0.6) is 0 Å². The lowest BCUT2D eigenvalue weighted by Gasteiger charge is -2.19. The summed E-state index contributed by atoms with van der Waals surface area (Å²) in [5, 5.41) is 13.4. The van der Waals surface area contributed by atoms with Gasteiger partial charge in [0.15, 0.2) is 0 Å². The number of para-hydroxylation sites is 4. The molecule has 0 atom stereocenters.